The minimum atomic E-state index is -1.65. The largest absolute Gasteiger partial charge is 0.146 e. The molecule has 0 atom stereocenters. The van der Waals surface area contributed by atoms with Crippen molar-refractivity contribution < 1.29 is 0 Å². The summed E-state index contributed by atoms with van der Waals surface area (Å²) in [4.78, 5) is 0. The molecule has 0 bridgehead atoms. The molecular weight excluding hydrogens is 416 g/mol. The van der Waals surface area contributed by atoms with Gasteiger partial charge in [0.25, 0.3) is 0 Å². The van der Waals surface area contributed by atoms with E-state index < -0.39 is 8.07 Å². The lowest BCUT2D eigenvalue weighted by molar-refractivity contribution is 0.838. The predicted molar refractivity (Wildman–Crippen MR) is 110 cm³/mol. The second-order valence-electron chi connectivity index (χ2n) is 6.95. The molecule has 0 fully saturated rings. The van der Waals surface area contributed by atoms with Crippen LogP contribution in [0.5, 0.6) is 0 Å². The number of alkyl halides is 2. The zero-order valence-corrected chi connectivity index (χ0v) is 18.8. The first-order valence-corrected chi connectivity index (χ1v) is 12.5. The third-order valence-electron chi connectivity index (χ3n) is 4.65. The van der Waals surface area contributed by atoms with Crippen LogP contribution >= 0.6 is 31.9 Å². The van der Waals surface area contributed by atoms with Crippen molar-refractivity contribution >= 4 is 39.9 Å². The fourth-order valence-corrected chi connectivity index (χ4v) is 9.48. The zero-order chi connectivity index (χ0) is 16.9. The highest BCUT2D eigenvalue weighted by Gasteiger charge is 2.41. The molecule has 1 aromatic rings. The average molecular weight is 444 g/mol. The number of benzene rings is 1. The van der Waals surface area contributed by atoms with Crippen molar-refractivity contribution in [2.45, 2.75) is 68.8 Å². The first-order valence-electron chi connectivity index (χ1n) is 8.05. The molecule has 0 radical (unpaired) electrons. The molecule has 0 aliphatic rings. The van der Waals surface area contributed by atoms with E-state index >= 15 is 0 Å². The van der Waals surface area contributed by atoms with Crippen LogP contribution < -0.4 is 0 Å². The average Bonchev–Trinajstić information content (AvgIpc) is 2.46. The predicted octanol–water partition coefficient (Wildman–Crippen LogP) is 7.05. The van der Waals surface area contributed by atoms with Crippen molar-refractivity contribution in [2.75, 3.05) is 0 Å². The van der Waals surface area contributed by atoms with Crippen LogP contribution in [0, 0.1) is 11.5 Å². The topological polar surface area (TPSA) is 0 Å². The molecule has 0 unspecified atom stereocenters. The highest BCUT2D eigenvalue weighted by Crippen LogP contribution is 2.40. The van der Waals surface area contributed by atoms with Crippen LogP contribution in [0.2, 0.25) is 16.6 Å². The van der Waals surface area contributed by atoms with E-state index in [9.17, 15) is 0 Å². The monoisotopic (exact) mass is 442 g/mol. The summed E-state index contributed by atoms with van der Waals surface area (Å²) >= 11 is 7.12. The summed E-state index contributed by atoms with van der Waals surface area (Å²) in [5, 5.41) is 1.76. The molecule has 1 rings (SSSR count). The summed E-state index contributed by atoms with van der Waals surface area (Å²) < 4.78 is 0. The van der Waals surface area contributed by atoms with E-state index in [4.69, 9.17) is 0 Å². The summed E-state index contributed by atoms with van der Waals surface area (Å²) in [5.74, 6) is 3.55. The Kier molecular flexibility index (Phi) is 7.92. The van der Waals surface area contributed by atoms with Crippen LogP contribution in [0.25, 0.3) is 0 Å². The molecule has 0 aromatic heterocycles. The summed E-state index contributed by atoms with van der Waals surface area (Å²) in [7, 11) is -1.65. The molecule has 0 aliphatic heterocycles. The first kappa shape index (κ1) is 20.0. The van der Waals surface area contributed by atoms with Gasteiger partial charge in [-0.05, 0) is 39.9 Å². The molecule has 1 aromatic carbocycles. The van der Waals surface area contributed by atoms with Gasteiger partial charge in [-0.25, -0.2) is 0 Å². The van der Waals surface area contributed by atoms with Gasteiger partial charge in [0.1, 0.15) is 8.07 Å². The molecule has 3 heteroatoms. The number of hydrogen-bond donors (Lipinski definition) is 0. The maximum Gasteiger partial charge on any atom is 0.146 e. The minimum Gasteiger partial charge on any atom is -0.125 e. The minimum absolute atomic E-state index is 0.676. The van der Waals surface area contributed by atoms with Crippen LogP contribution in [0.3, 0.4) is 0 Å². The Morgan fingerprint density at radius 1 is 0.818 bits per heavy atom. The van der Waals surface area contributed by atoms with Crippen LogP contribution in [0.4, 0.5) is 0 Å². The van der Waals surface area contributed by atoms with E-state index in [0.29, 0.717) is 16.6 Å². The van der Waals surface area contributed by atoms with E-state index in [0.717, 1.165) is 16.2 Å². The van der Waals surface area contributed by atoms with E-state index in [-0.39, 0.29) is 0 Å². The lowest BCUT2D eigenvalue weighted by Gasteiger charge is -2.38. The molecule has 0 heterocycles. The van der Waals surface area contributed by atoms with Crippen LogP contribution in [0.1, 0.15) is 58.2 Å². The van der Waals surface area contributed by atoms with Crippen molar-refractivity contribution in [3.8, 4) is 11.5 Å². The smallest absolute Gasteiger partial charge is 0.125 e. The molecule has 0 saturated carbocycles. The Morgan fingerprint density at radius 2 is 1.23 bits per heavy atom. The van der Waals surface area contributed by atoms with Gasteiger partial charge < -0.3 is 0 Å². The van der Waals surface area contributed by atoms with Gasteiger partial charge in [0.05, 0.1) is 0 Å². The van der Waals surface area contributed by atoms with E-state index in [1.54, 1.807) is 0 Å². The van der Waals surface area contributed by atoms with Crippen molar-refractivity contribution in [3.63, 3.8) is 0 Å². The first-order chi connectivity index (χ1) is 10.3. The maximum atomic E-state index is 3.81. The van der Waals surface area contributed by atoms with Crippen molar-refractivity contribution in [1.82, 2.24) is 0 Å². The summed E-state index contributed by atoms with van der Waals surface area (Å²) in [6.45, 7) is 14.2. The zero-order valence-electron chi connectivity index (χ0n) is 14.6. The van der Waals surface area contributed by atoms with Gasteiger partial charge in [-0.3, -0.25) is 0 Å². The third-order valence-corrected chi connectivity index (χ3v) is 12.2. The molecular formula is C19H28Br2Si. The molecule has 0 amide bonds. The van der Waals surface area contributed by atoms with Crippen LogP contribution in [0.15, 0.2) is 18.2 Å². The molecule has 0 aliphatic carbocycles. The van der Waals surface area contributed by atoms with Gasteiger partial charge in [-0.1, -0.05) is 85.4 Å². The highest BCUT2D eigenvalue weighted by molar-refractivity contribution is 9.08. The van der Waals surface area contributed by atoms with Gasteiger partial charge in [0.15, 0.2) is 0 Å². The second kappa shape index (κ2) is 8.71. The summed E-state index contributed by atoms with van der Waals surface area (Å²) in [6, 6.07) is 6.66. The quantitative estimate of drug-likeness (QED) is 0.260. The second-order valence-corrected chi connectivity index (χ2v) is 13.7. The van der Waals surface area contributed by atoms with E-state index in [1.165, 1.54) is 11.1 Å². The standard InChI is InChI=1S/C19H28Br2Si/c1-14(2)22(15(3)4,16(5)6)8-7-17-9-18(12-20)11-19(10-17)13-21/h9-11,14-16H,12-13H2,1-6H3. The number of hydrogen-bond acceptors (Lipinski definition) is 0. The highest BCUT2D eigenvalue weighted by atomic mass is 79.9. The lowest BCUT2D eigenvalue weighted by atomic mass is 10.1. The Morgan fingerprint density at radius 3 is 1.55 bits per heavy atom. The summed E-state index contributed by atoms with van der Waals surface area (Å²) in [5.41, 5.74) is 9.59. The fraction of sp³-hybridized carbons (Fsp3) is 0.579. The van der Waals surface area contributed by atoms with Gasteiger partial charge in [-0.15, -0.1) is 5.54 Å². The Hall–Kier alpha value is -0.0431. The van der Waals surface area contributed by atoms with Crippen molar-refractivity contribution in [3.05, 3.63) is 34.9 Å². The van der Waals surface area contributed by atoms with Gasteiger partial charge in [0, 0.05) is 16.2 Å². The SMILES string of the molecule is CC(C)[Si](C#Cc1cc(CBr)cc(CBr)c1)(C(C)C)C(C)C. The molecule has 0 saturated heterocycles. The Balaban J connectivity index is 3.34. The Bertz CT molecular complexity index is 506. The van der Waals surface area contributed by atoms with Crippen molar-refractivity contribution in [1.29, 1.82) is 0 Å². The molecule has 122 valence electrons. The molecule has 0 N–H and O–H groups in total. The van der Waals surface area contributed by atoms with E-state index in [1.807, 2.05) is 0 Å². The van der Waals surface area contributed by atoms with Crippen LogP contribution in [-0.2, 0) is 10.7 Å². The van der Waals surface area contributed by atoms with Crippen LogP contribution in [-0.4, -0.2) is 8.07 Å². The van der Waals surface area contributed by atoms with Crippen molar-refractivity contribution in [2.24, 2.45) is 0 Å². The maximum absolute atomic E-state index is 3.81. The molecule has 0 nitrogen and oxygen atoms in total. The fourth-order valence-electron chi connectivity index (χ4n) is 3.60. The third kappa shape index (κ3) is 4.49. The molecule has 22 heavy (non-hydrogen) atoms. The molecule has 0 spiro atoms. The normalized spacial score (nSPS) is 12.0. The summed E-state index contributed by atoms with van der Waals surface area (Å²) in [6.07, 6.45) is 0. The van der Waals surface area contributed by atoms with Gasteiger partial charge in [-0.2, -0.15) is 0 Å². The number of halogens is 2. The Labute approximate surface area is 154 Å². The lowest BCUT2D eigenvalue weighted by Crippen LogP contribution is -2.43. The number of rotatable bonds is 5. The van der Waals surface area contributed by atoms with E-state index in [2.05, 4.69) is 103 Å². The van der Waals surface area contributed by atoms with Gasteiger partial charge >= 0.3 is 0 Å². The van der Waals surface area contributed by atoms with Gasteiger partial charge in [0.2, 0.25) is 0 Å².